The standard InChI is InChI=1S/C94H80BN3/c1-91(2)49-51-93(5,6)80-55-69(33-43-78(80)91)65-29-39-73(40-30-65)96-86-47-37-71(63-25-17-11-18-26-63)57-82(86)95-83-58-72(64-27-19-12-20-28-64)38-48-87(83)97(74-41-31-66(32-42-74)70-34-44-79-81(56-70)94(7,8)52-50-92(79,3)4)89-60-75(59-88(96)90(89)95)98-84-45-35-67(61-21-13-9-14-22-61)53-76(84)77-54-68(36-46-85(77)98)62-23-15-10-16-24-62/h9-48,53-60H,49-52H2,1-8H3. The molecule has 3 heterocycles. The van der Waals surface area contributed by atoms with Crippen LogP contribution in [-0.4, -0.2) is 11.3 Å². The number of hydrogen-bond acceptors (Lipinski definition) is 2. The Kier molecular flexibility index (Phi) is 13.7. The molecule has 3 nitrogen and oxygen atoms in total. The molecule has 98 heavy (non-hydrogen) atoms. The summed E-state index contributed by atoms with van der Waals surface area (Å²) in [5.74, 6) is 0. The summed E-state index contributed by atoms with van der Waals surface area (Å²) in [5, 5.41) is 2.42. The third-order valence-corrected chi connectivity index (χ3v) is 23.1. The second-order valence-corrected chi connectivity index (χ2v) is 31.0. The summed E-state index contributed by atoms with van der Waals surface area (Å²) in [6.45, 7) is 19.3. The fraction of sp³-hybridized carbons (Fsp3) is 0.170. The van der Waals surface area contributed by atoms with Gasteiger partial charge in [-0.15, -0.1) is 0 Å². The van der Waals surface area contributed by atoms with Crippen LogP contribution in [0.2, 0.25) is 0 Å². The minimum atomic E-state index is -0.149. The molecule has 0 saturated heterocycles. The minimum absolute atomic E-state index is 0.0925. The Hall–Kier alpha value is -10.7. The maximum Gasteiger partial charge on any atom is 0.252 e. The van der Waals surface area contributed by atoms with E-state index in [1.165, 1.54) is 153 Å². The largest absolute Gasteiger partial charge is 0.311 e. The Morgan fingerprint density at radius 2 is 0.541 bits per heavy atom. The van der Waals surface area contributed by atoms with Gasteiger partial charge in [-0.3, -0.25) is 0 Å². The van der Waals surface area contributed by atoms with E-state index in [9.17, 15) is 0 Å². The van der Waals surface area contributed by atoms with Gasteiger partial charge in [0, 0.05) is 44.9 Å². The monoisotopic (exact) mass is 1260 g/mol. The molecular weight excluding hydrogens is 1180 g/mol. The van der Waals surface area contributed by atoms with Crippen LogP contribution in [0.25, 0.3) is 94.3 Å². The van der Waals surface area contributed by atoms with Gasteiger partial charge < -0.3 is 14.4 Å². The maximum atomic E-state index is 2.60. The number of hydrogen-bond donors (Lipinski definition) is 0. The van der Waals surface area contributed by atoms with E-state index < -0.39 is 0 Å². The molecule has 0 unspecified atom stereocenters. The number of anilines is 6. The summed E-state index contributed by atoms with van der Waals surface area (Å²) in [7, 11) is 0. The van der Waals surface area contributed by atoms with E-state index in [4.69, 9.17) is 0 Å². The van der Waals surface area contributed by atoms with Gasteiger partial charge in [0.25, 0.3) is 6.71 Å². The first kappa shape index (κ1) is 59.8. The molecule has 0 fully saturated rings. The van der Waals surface area contributed by atoms with Gasteiger partial charge in [-0.25, -0.2) is 0 Å². The molecule has 0 amide bonds. The van der Waals surface area contributed by atoms with E-state index in [0.29, 0.717) is 0 Å². The molecule has 474 valence electrons. The lowest BCUT2D eigenvalue weighted by Crippen LogP contribution is -2.61. The molecule has 0 bridgehead atoms. The summed E-state index contributed by atoms with van der Waals surface area (Å²) in [4.78, 5) is 5.21. The van der Waals surface area contributed by atoms with Crippen molar-refractivity contribution in [1.29, 1.82) is 0 Å². The van der Waals surface area contributed by atoms with Gasteiger partial charge in [0.2, 0.25) is 0 Å². The fourth-order valence-corrected chi connectivity index (χ4v) is 17.4. The van der Waals surface area contributed by atoms with Gasteiger partial charge in [-0.1, -0.05) is 274 Å². The second-order valence-electron chi connectivity index (χ2n) is 31.0. The lowest BCUT2D eigenvalue weighted by molar-refractivity contribution is 0.332. The summed E-state index contributed by atoms with van der Waals surface area (Å²) in [6, 6.07) is 111. The summed E-state index contributed by atoms with van der Waals surface area (Å²) < 4.78 is 2.56. The van der Waals surface area contributed by atoms with Crippen LogP contribution in [0, 0.1) is 0 Å². The average Bonchev–Trinajstić information content (AvgIpc) is 0.848. The molecule has 14 aromatic rings. The van der Waals surface area contributed by atoms with Crippen molar-refractivity contribution in [2.24, 2.45) is 0 Å². The van der Waals surface area contributed by atoms with Crippen molar-refractivity contribution in [3.8, 4) is 72.4 Å². The van der Waals surface area contributed by atoms with E-state index in [0.717, 1.165) is 39.5 Å². The Labute approximate surface area is 578 Å². The van der Waals surface area contributed by atoms with Crippen LogP contribution in [0.15, 0.2) is 291 Å². The zero-order chi connectivity index (χ0) is 66.4. The number of aromatic nitrogens is 1. The van der Waals surface area contributed by atoms with Crippen molar-refractivity contribution in [2.75, 3.05) is 9.80 Å². The molecule has 0 radical (unpaired) electrons. The van der Waals surface area contributed by atoms with Gasteiger partial charge in [0.15, 0.2) is 0 Å². The zero-order valence-corrected chi connectivity index (χ0v) is 57.5. The summed E-state index contributed by atoms with van der Waals surface area (Å²) >= 11 is 0. The first-order valence-electron chi connectivity index (χ1n) is 35.4. The summed E-state index contributed by atoms with van der Waals surface area (Å²) in [6.07, 6.45) is 4.72. The number of fused-ring (bicyclic) bond motifs is 9. The highest BCUT2D eigenvalue weighted by atomic mass is 15.2. The topological polar surface area (TPSA) is 11.4 Å². The van der Waals surface area contributed by atoms with Gasteiger partial charge in [-0.2, -0.15) is 0 Å². The molecule has 4 heteroatoms. The normalized spacial score (nSPS) is 15.9. The van der Waals surface area contributed by atoms with Crippen LogP contribution in [0.1, 0.15) is 103 Å². The second kappa shape index (κ2) is 22.4. The molecule has 2 aliphatic carbocycles. The molecular formula is C94H80BN3. The predicted octanol–water partition coefficient (Wildman–Crippen LogP) is 23.6. The average molecular weight is 1260 g/mol. The molecule has 1 aromatic heterocycles. The highest BCUT2D eigenvalue weighted by Gasteiger charge is 2.45. The molecule has 0 N–H and O–H groups in total. The minimum Gasteiger partial charge on any atom is -0.311 e. The Balaban J connectivity index is 0.908. The first-order valence-corrected chi connectivity index (χ1v) is 35.4. The Morgan fingerprint density at radius 1 is 0.245 bits per heavy atom. The number of rotatable bonds is 9. The SMILES string of the molecule is CC1(C)CCC(C)(C)c2cc(-c3ccc(N4c5ccc(-c6ccccc6)cc5B5c6cc(-c7ccccc7)ccc6N(c6ccc(-c7ccc8c(c7)C(C)(C)CCC8(C)C)cc6)c6cc(-n7c8ccc(-c9ccccc9)cc8c8cc(-c9ccccc9)ccc87)cc4c65)cc3)ccc21. The van der Waals surface area contributed by atoms with Crippen LogP contribution in [0.3, 0.4) is 0 Å². The van der Waals surface area contributed by atoms with Crippen LogP contribution in [0.4, 0.5) is 34.1 Å². The zero-order valence-electron chi connectivity index (χ0n) is 57.5. The molecule has 4 aliphatic rings. The molecule has 18 rings (SSSR count). The van der Waals surface area contributed by atoms with Gasteiger partial charge in [0.1, 0.15) is 0 Å². The molecule has 2 aliphatic heterocycles. The highest BCUT2D eigenvalue weighted by molar-refractivity contribution is 7.00. The van der Waals surface area contributed by atoms with Crippen molar-refractivity contribution in [1.82, 2.24) is 4.57 Å². The van der Waals surface area contributed by atoms with Crippen molar-refractivity contribution in [3.63, 3.8) is 0 Å². The third-order valence-electron chi connectivity index (χ3n) is 23.1. The van der Waals surface area contributed by atoms with Crippen molar-refractivity contribution in [2.45, 2.75) is 103 Å². The van der Waals surface area contributed by atoms with E-state index in [1.807, 2.05) is 0 Å². The van der Waals surface area contributed by atoms with Crippen molar-refractivity contribution < 1.29 is 0 Å². The maximum absolute atomic E-state index is 2.60. The van der Waals surface area contributed by atoms with Crippen molar-refractivity contribution in [3.05, 3.63) is 313 Å². The quantitative estimate of drug-likeness (QED) is 0.133. The van der Waals surface area contributed by atoms with Gasteiger partial charge >= 0.3 is 0 Å². The van der Waals surface area contributed by atoms with Crippen LogP contribution in [0.5, 0.6) is 0 Å². The van der Waals surface area contributed by atoms with Crippen LogP contribution >= 0.6 is 0 Å². The van der Waals surface area contributed by atoms with Crippen LogP contribution < -0.4 is 26.2 Å². The van der Waals surface area contributed by atoms with Gasteiger partial charge in [-0.05, 0) is 226 Å². The molecule has 13 aromatic carbocycles. The van der Waals surface area contributed by atoms with E-state index in [2.05, 4.69) is 361 Å². The first-order chi connectivity index (χ1) is 47.5. The van der Waals surface area contributed by atoms with Crippen molar-refractivity contribution >= 4 is 79.0 Å². The summed E-state index contributed by atoms with van der Waals surface area (Å²) in [5.41, 5.74) is 35.0. The van der Waals surface area contributed by atoms with Crippen LogP contribution in [-0.2, 0) is 21.7 Å². The lowest BCUT2D eigenvalue weighted by atomic mass is 9.33. The van der Waals surface area contributed by atoms with E-state index >= 15 is 0 Å². The molecule has 0 spiro atoms. The predicted molar refractivity (Wildman–Crippen MR) is 418 cm³/mol. The highest BCUT2D eigenvalue weighted by Crippen LogP contribution is 2.52. The lowest BCUT2D eigenvalue weighted by Gasteiger charge is -2.44. The smallest absolute Gasteiger partial charge is 0.252 e. The molecule has 0 atom stereocenters. The number of benzene rings is 13. The van der Waals surface area contributed by atoms with E-state index in [1.54, 1.807) is 0 Å². The third kappa shape index (κ3) is 9.76. The fourth-order valence-electron chi connectivity index (χ4n) is 17.4. The van der Waals surface area contributed by atoms with E-state index in [-0.39, 0.29) is 28.4 Å². The Morgan fingerprint density at radius 3 is 0.908 bits per heavy atom. The molecule has 0 saturated carbocycles. The number of nitrogens with zero attached hydrogens (tertiary/aromatic N) is 3. The Bertz CT molecular complexity index is 5150. The van der Waals surface area contributed by atoms with Gasteiger partial charge in [0.05, 0.1) is 16.7 Å².